The average molecular weight is 391 g/mol. The summed E-state index contributed by atoms with van der Waals surface area (Å²) in [6.07, 6.45) is 2.99. The van der Waals surface area contributed by atoms with E-state index >= 15 is 0 Å². The largest absolute Gasteiger partial charge is 0.497 e. The molecule has 0 fully saturated rings. The predicted molar refractivity (Wildman–Crippen MR) is 108 cm³/mol. The van der Waals surface area contributed by atoms with Gasteiger partial charge in [-0.15, -0.1) is 11.3 Å². The van der Waals surface area contributed by atoms with Crippen LogP contribution < -0.4 is 10.1 Å². The number of esters is 1. The van der Waals surface area contributed by atoms with E-state index in [4.69, 9.17) is 14.7 Å². The van der Waals surface area contributed by atoms with Crippen molar-refractivity contribution in [3.63, 3.8) is 0 Å². The molecule has 0 saturated carbocycles. The molecule has 7 heteroatoms. The maximum Gasteiger partial charge on any atom is 0.331 e. The third-order valence-corrected chi connectivity index (χ3v) is 4.51. The van der Waals surface area contributed by atoms with E-state index in [0.29, 0.717) is 16.4 Å². The van der Waals surface area contributed by atoms with Crippen LogP contribution in [0.4, 0.5) is 10.8 Å². The zero-order chi connectivity index (χ0) is 19.8. The Hall–Kier alpha value is -3.63. The highest BCUT2D eigenvalue weighted by molar-refractivity contribution is 7.13. The number of benzene rings is 2. The predicted octanol–water partition coefficient (Wildman–Crippen LogP) is 4.52. The number of ether oxygens (including phenoxy) is 2. The second-order valence-electron chi connectivity index (χ2n) is 5.67. The molecule has 28 heavy (non-hydrogen) atoms. The molecule has 1 N–H and O–H groups in total. The lowest BCUT2D eigenvalue weighted by molar-refractivity contribution is -0.139. The molecule has 3 aromatic rings. The van der Waals surface area contributed by atoms with Crippen LogP contribution in [0.25, 0.3) is 6.08 Å². The van der Waals surface area contributed by atoms with Crippen molar-refractivity contribution in [3.8, 4) is 11.8 Å². The lowest BCUT2D eigenvalue weighted by Gasteiger charge is -2.04. The molecule has 0 saturated heterocycles. The van der Waals surface area contributed by atoms with Crippen LogP contribution >= 0.6 is 11.3 Å². The number of nitriles is 1. The van der Waals surface area contributed by atoms with Gasteiger partial charge in [-0.05, 0) is 48.0 Å². The molecule has 140 valence electrons. The van der Waals surface area contributed by atoms with Gasteiger partial charge in [0, 0.05) is 17.1 Å². The maximum atomic E-state index is 11.9. The van der Waals surface area contributed by atoms with E-state index in [1.54, 1.807) is 37.5 Å². The van der Waals surface area contributed by atoms with Crippen LogP contribution in [0.1, 0.15) is 16.8 Å². The second-order valence-corrected chi connectivity index (χ2v) is 6.53. The molecule has 0 aliphatic heterocycles. The van der Waals surface area contributed by atoms with E-state index in [1.807, 2.05) is 35.7 Å². The molecule has 6 nitrogen and oxygen atoms in total. The minimum Gasteiger partial charge on any atom is -0.497 e. The van der Waals surface area contributed by atoms with Gasteiger partial charge in [-0.1, -0.05) is 12.1 Å². The van der Waals surface area contributed by atoms with Crippen LogP contribution in [-0.2, 0) is 16.1 Å². The molecule has 3 rings (SSSR count). The molecule has 1 aromatic heterocycles. The molecule has 0 aliphatic carbocycles. The van der Waals surface area contributed by atoms with Gasteiger partial charge in [0.1, 0.15) is 12.4 Å². The van der Waals surface area contributed by atoms with Gasteiger partial charge in [0.05, 0.1) is 24.4 Å². The molecule has 0 radical (unpaired) electrons. The molecule has 0 atom stereocenters. The van der Waals surface area contributed by atoms with Crippen molar-refractivity contribution in [2.75, 3.05) is 12.4 Å². The van der Waals surface area contributed by atoms with E-state index in [1.165, 1.54) is 17.4 Å². The minimum absolute atomic E-state index is 0.0946. The quantitative estimate of drug-likeness (QED) is 0.471. The van der Waals surface area contributed by atoms with Crippen LogP contribution in [0.3, 0.4) is 0 Å². The average Bonchev–Trinajstić information content (AvgIpc) is 3.19. The number of methoxy groups -OCH3 is 1. The van der Waals surface area contributed by atoms with E-state index in [9.17, 15) is 4.79 Å². The van der Waals surface area contributed by atoms with Crippen LogP contribution in [-0.4, -0.2) is 18.1 Å². The molecule has 0 bridgehead atoms. The number of thiazole rings is 1. The number of nitrogens with zero attached hydrogens (tertiary/aromatic N) is 2. The number of carbonyl (C=O) groups excluding carboxylic acids is 1. The first-order valence-electron chi connectivity index (χ1n) is 8.37. The Morgan fingerprint density at radius 1 is 1.21 bits per heavy atom. The minimum atomic E-state index is -0.456. The number of carbonyl (C=O) groups is 1. The van der Waals surface area contributed by atoms with Gasteiger partial charge in [-0.25, -0.2) is 9.78 Å². The fraction of sp³-hybridized carbons (Fsp3) is 0.0952. The third kappa shape index (κ3) is 5.43. The van der Waals surface area contributed by atoms with E-state index in [2.05, 4.69) is 10.3 Å². The molecule has 0 spiro atoms. The Balaban J connectivity index is 1.49. The maximum absolute atomic E-state index is 11.9. The number of nitrogens with one attached hydrogen (secondary N) is 1. The summed E-state index contributed by atoms with van der Waals surface area (Å²) < 4.78 is 10.3. The number of hydrogen-bond donors (Lipinski definition) is 1. The SMILES string of the molecule is COc1ccc(Nc2nc(COC(=O)/C=C/c3ccc(C#N)cc3)cs2)cc1. The summed E-state index contributed by atoms with van der Waals surface area (Å²) in [6, 6.07) is 16.5. The second kappa shape index (κ2) is 9.35. The highest BCUT2D eigenvalue weighted by Gasteiger charge is 2.05. The standard InChI is InChI=1S/C21H17N3O3S/c1-26-19-9-7-17(8-10-19)23-21-24-18(14-28-21)13-27-20(25)11-6-15-2-4-16(12-22)5-3-15/h2-11,14H,13H2,1H3,(H,23,24)/b11-6+. The van der Waals surface area contributed by atoms with Crippen molar-refractivity contribution in [1.29, 1.82) is 5.26 Å². The van der Waals surface area contributed by atoms with Gasteiger partial charge in [0.25, 0.3) is 0 Å². The summed E-state index contributed by atoms with van der Waals surface area (Å²) in [5, 5.41) is 14.5. The number of hydrogen-bond acceptors (Lipinski definition) is 7. The highest BCUT2D eigenvalue weighted by atomic mass is 32.1. The molecular weight excluding hydrogens is 374 g/mol. The zero-order valence-corrected chi connectivity index (χ0v) is 15.9. The molecule has 0 aliphatic rings. The van der Waals surface area contributed by atoms with Crippen LogP contribution in [0.2, 0.25) is 0 Å². The molecule has 1 heterocycles. The van der Waals surface area contributed by atoms with Crippen LogP contribution in [0, 0.1) is 11.3 Å². The molecule has 0 amide bonds. The van der Waals surface area contributed by atoms with Crippen LogP contribution in [0.15, 0.2) is 60.0 Å². The third-order valence-electron chi connectivity index (χ3n) is 3.71. The Kier molecular flexibility index (Phi) is 6.39. The summed E-state index contributed by atoms with van der Waals surface area (Å²) in [5.41, 5.74) is 2.95. The van der Waals surface area contributed by atoms with Crippen LogP contribution in [0.5, 0.6) is 5.75 Å². The van der Waals surface area contributed by atoms with Crippen molar-refractivity contribution < 1.29 is 14.3 Å². The lowest BCUT2D eigenvalue weighted by atomic mass is 10.1. The Bertz CT molecular complexity index is 1000. The summed E-state index contributed by atoms with van der Waals surface area (Å²) in [4.78, 5) is 16.3. The van der Waals surface area contributed by atoms with Crippen molar-refractivity contribution in [2.45, 2.75) is 6.61 Å². The molecule has 2 aromatic carbocycles. The Morgan fingerprint density at radius 3 is 2.64 bits per heavy atom. The van der Waals surface area contributed by atoms with Crippen molar-refractivity contribution in [3.05, 3.63) is 76.8 Å². The van der Waals surface area contributed by atoms with Crippen molar-refractivity contribution in [2.24, 2.45) is 0 Å². The van der Waals surface area contributed by atoms with Gasteiger partial charge >= 0.3 is 5.97 Å². The monoisotopic (exact) mass is 391 g/mol. The summed E-state index contributed by atoms with van der Waals surface area (Å²) in [6.45, 7) is 0.0946. The van der Waals surface area contributed by atoms with Gasteiger partial charge in [-0.2, -0.15) is 5.26 Å². The fourth-order valence-electron chi connectivity index (χ4n) is 2.25. The molecular formula is C21H17N3O3S. The lowest BCUT2D eigenvalue weighted by Crippen LogP contribution is -2.01. The van der Waals surface area contributed by atoms with Gasteiger partial charge in [0.2, 0.25) is 0 Å². The fourth-order valence-corrected chi connectivity index (χ4v) is 2.97. The molecule has 0 unspecified atom stereocenters. The zero-order valence-electron chi connectivity index (χ0n) is 15.1. The Morgan fingerprint density at radius 2 is 1.96 bits per heavy atom. The van der Waals surface area contributed by atoms with E-state index in [0.717, 1.165) is 17.0 Å². The highest BCUT2D eigenvalue weighted by Crippen LogP contribution is 2.23. The summed E-state index contributed by atoms with van der Waals surface area (Å²) >= 11 is 1.43. The topological polar surface area (TPSA) is 84.2 Å². The van der Waals surface area contributed by atoms with Crippen molar-refractivity contribution >= 4 is 34.2 Å². The number of anilines is 2. The first kappa shape index (κ1) is 19.1. The van der Waals surface area contributed by atoms with Gasteiger partial charge < -0.3 is 14.8 Å². The first-order chi connectivity index (χ1) is 13.7. The summed E-state index contributed by atoms with van der Waals surface area (Å²) in [5.74, 6) is 0.327. The smallest absolute Gasteiger partial charge is 0.331 e. The van der Waals surface area contributed by atoms with E-state index in [-0.39, 0.29) is 6.61 Å². The van der Waals surface area contributed by atoms with E-state index < -0.39 is 5.97 Å². The van der Waals surface area contributed by atoms with Crippen molar-refractivity contribution in [1.82, 2.24) is 4.98 Å². The normalized spacial score (nSPS) is 10.4. The number of rotatable bonds is 7. The Labute approximate surface area is 166 Å². The first-order valence-corrected chi connectivity index (χ1v) is 9.25. The number of aromatic nitrogens is 1. The van der Waals surface area contributed by atoms with Gasteiger partial charge in [0.15, 0.2) is 5.13 Å². The van der Waals surface area contributed by atoms with Gasteiger partial charge in [-0.3, -0.25) is 0 Å². The summed E-state index contributed by atoms with van der Waals surface area (Å²) in [7, 11) is 1.62.